The number of rotatable bonds is 3. The van der Waals surface area contributed by atoms with Gasteiger partial charge < -0.3 is 5.32 Å². The molecular formula is C11H14N2O. The van der Waals surface area contributed by atoms with Crippen molar-refractivity contribution in [2.45, 2.75) is 13.8 Å². The maximum atomic E-state index is 11.3. The first kappa shape index (κ1) is 10.4. The largest absolute Gasteiger partial charge is 0.307 e. The summed E-state index contributed by atoms with van der Waals surface area (Å²) < 4.78 is 0. The first-order valence-electron chi connectivity index (χ1n) is 4.58. The molecule has 1 heterocycles. The Kier molecular flexibility index (Phi) is 3.85. The van der Waals surface area contributed by atoms with Crippen molar-refractivity contribution in [2.75, 3.05) is 5.32 Å². The van der Waals surface area contributed by atoms with Gasteiger partial charge in [-0.1, -0.05) is 26.0 Å². The van der Waals surface area contributed by atoms with Crippen LogP contribution in [-0.2, 0) is 4.79 Å². The van der Waals surface area contributed by atoms with Gasteiger partial charge in [0.25, 0.3) is 0 Å². The summed E-state index contributed by atoms with van der Waals surface area (Å²) in [7, 11) is 0. The average molecular weight is 190 g/mol. The molecule has 0 aliphatic heterocycles. The van der Waals surface area contributed by atoms with Crippen LogP contribution in [0, 0.1) is 5.92 Å². The summed E-state index contributed by atoms with van der Waals surface area (Å²) in [5, 5.41) is 2.66. The summed E-state index contributed by atoms with van der Waals surface area (Å²) in [5.74, 6) is 0.813. The highest BCUT2D eigenvalue weighted by atomic mass is 16.1. The fourth-order valence-electron chi connectivity index (χ4n) is 0.884. The number of aromatic nitrogens is 1. The van der Waals surface area contributed by atoms with Crippen molar-refractivity contribution >= 4 is 11.7 Å². The fourth-order valence-corrected chi connectivity index (χ4v) is 0.884. The van der Waals surface area contributed by atoms with E-state index in [2.05, 4.69) is 10.3 Å². The summed E-state index contributed by atoms with van der Waals surface area (Å²) in [6.45, 7) is 4.04. The van der Waals surface area contributed by atoms with Crippen LogP contribution in [-0.4, -0.2) is 10.9 Å². The van der Waals surface area contributed by atoms with Crippen LogP contribution >= 0.6 is 0 Å². The van der Waals surface area contributed by atoms with E-state index in [9.17, 15) is 4.79 Å². The molecule has 1 rings (SSSR count). The van der Waals surface area contributed by atoms with Gasteiger partial charge in [0.05, 0.1) is 0 Å². The minimum absolute atomic E-state index is 0.141. The second kappa shape index (κ2) is 5.17. The van der Waals surface area contributed by atoms with Gasteiger partial charge in [0.2, 0.25) is 5.91 Å². The van der Waals surface area contributed by atoms with Gasteiger partial charge in [-0.25, -0.2) is 4.98 Å². The van der Waals surface area contributed by atoms with Crippen LogP contribution in [0.1, 0.15) is 13.8 Å². The van der Waals surface area contributed by atoms with Crippen molar-refractivity contribution in [1.29, 1.82) is 0 Å². The molecule has 0 radical (unpaired) electrons. The predicted octanol–water partition coefficient (Wildman–Crippen LogP) is 2.23. The van der Waals surface area contributed by atoms with Crippen LogP contribution in [0.4, 0.5) is 5.82 Å². The molecule has 0 aliphatic rings. The van der Waals surface area contributed by atoms with Gasteiger partial charge in [-0.05, 0) is 24.1 Å². The summed E-state index contributed by atoms with van der Waals surface area (Å²) >= 11 is 0. The van der Waals surface area contributed by atoms with Crippen LogP contribution in [0.25, 0.3) is 0 Å². The zero-order valence-electron chi connectivity index (χ0n) is 8.40. The summed E-state index contributed by atoms with van der Waals surface area (Å²) in [6, 6.07) is 5.38. The van der Waals surface area contributed by atoms with E-state index < -0.39 is 0 Å². The zero-order valence-corrected chi connectivity index (χ0v) is 8.40. The van der Waals surface area contributed by atoms with Crippen LogP contribution in [0.5, 0.6) is 0 Å². The lowest BCUT2D eigenvalue weighted by Crippen LogP contribution is -2.09. The number of hydrogen-bond acceptors (Lipinski definition) is 2. The van der Waals surface area contributed by atoms with E-state index in [1.165, 1.54) is 6.08 Å². The lowest BCUT2D eigenvalue weighted by Gasteiger charge is -1.99. The molecule has 0 fully saturated rings. The molecule has 1 aromatic heterocycles. The molecule has 0 saturated carbocycles. The molecule has 0 bridgehead atoms. The Balaban J connectivity index is 2.50. The first-order valence-corrected chi connectivity index (χ1v) is 4.58. The molecule has 0 aromatic carbocycles. The highest BCUT2D eigenvalue weighted by Gasteiger charge is 1.97. The number of pyridine rings is 1. The molecule has 0 unspecified atom stereocenters. The van der Waals surface area contributed by atoms with Gasteiger partial charge >= 0.3 is 0 Å². The molecule has 0 aliphatic carbocycles. The zero-order chi connectivity index (χ0) is 10.4. The summed E-state index contributed by atoms with van der Waals surface area (Å²) in [6.07, 6.45) is 5.01. The van der Waals surface area contributed by atoms with E-state index in [4.69, 9.17) is 0 Å². The van der Waals surface area contributed by atoms with Crippen molar-refractivity contribution in [2.24, 2.45) is 5.92 Å². The van der Waals surface area contributed by atoms with E-state index in [0.29, 0.717) is 11.7 Å². The van der Waals surface area contributed by atoms with Crippen molar-refractivity contribution in [3.63, 3.8) is 0 Å². The maximum Gasteiger partial charge on any atom is 0.249 e. The van der Waals surface area contributed by atoms with E-state index in [1.807, 2.05) is 26.0 Å². The number of allylic oxidation sites excluding steroid dienone is 1. The van der Waals surface area contributed by atoms with Gasteiger partial charge in [-0.2, -0.15) is 0 Å². The smallest absolute Gasteiger partial charge is 0.249 e. The second-order valence-corrected chi connectivity index (χ2v) is 3.31. The van der Waals surface area contributed by atoms with E-state index in [-0.39, 0.29) is 5.91 Å². The number of hydrogen-bond donors (Lipinski definition) is 1. The Bertz CT molecular complexity index is 317. The van der Waals surface area contributed by atoms with E-state index in [0.717, 1.165) is 0 Å². The molecule has 0 spiro atoms. The number of nitrogens with one attached hydrogen (secondary N) is 1. The number of amides is 1. The second-order valence-electron chi connectivity index (χ2n) is 3.31. The lowest BCUT2D eigenvalue weighted by atomic mass is 10.2. The number of carbonyl (C=O) groups excluding carboxylic acids is 1. The van der Waals surface area contributed by atoms with Crippen LogP contribution in [0.15, 0.2) is 36.5 Å². The van der Waals surface area contributed by atoms with Crippen molar-refractivity contribution in [3.8, 4) is 0 Å². The standard InChI is InChI=1S/C11H14N2O/c1-9(2)6-7-11(14)13-10-5-3-4-8-12-10/h3-9H,1-2H3,(H,12,13,14)/b7-6+. The molecule has 3 heteroatoms. The molecule has 14 heavy (non-hydrogen) atoms. The highest BCUT2D eigenvalue weighted by molar-refractivity contribution is 5.98. The topological polar surface area (TPSA) is 42.0 Å². The molecule has 3 nitrogen and oxygen atoms in total. The molecular weight excluding hydrogens is 176 g/mol. The molecule has 1 aromatic rings. The number of anilines is 1. The van der Waals surface area contributed by atoms with Gasteiger partial charge in [0.15, 0.2) is 0 Å². The predicted molar refractivity (Wildman–Crippen MR) is 56.8 cm³/mol. The van der Waals surface area contributed by atoms with Crippen molar-refractivity contribution in [1.82, 2.24) is 4.98 Å². The fraction of sp³-hybridized carbons (Fsp3) is 0.273. The minimum Gasteiger partial charge on any atom is -0.307 e. The van der Waals surface area contributed by atoms with Gasteiger partial charge in [0.1, 0.15) is 5.82 Å². The molecule has 0 atom stereocenters. The normalized spacial score (nSPS) is 10.8. The first-order chi connectivity index (χ1) is 6.68. The average Bonchev–Trinajstić information content (AvgIpc) is 2.16. The van der Waals surface area contributed by atoms with Gasteiger partial charge in [0, 0.05) is 6.20 Å². The van der Waals surface area contributed by atoms with Crippen molar-refractivity contribution < 1.29 is 4.79 Å². The Morgan fingerprint density at radius 3 is 2.86 bits per heavy atom. The van der Waals surface area contributed by atoms with E-state index >= 15 is 0 Å². The maximum absolute atomic E-state index is 11.3. The Hall–Kier alpha value is -1.64. The highest BCUT2D eigenvalue weighted by Crippen LogP contribution is 2.00. The van der Waals surface area contributed by atoms with E-state index in [1.54, 1.807) is 18.3 Å². The molecule has 0 saturated heterocycles. The Morgan fingerprint density at radius 2 is 2.29 bits per heavy atom. The van der Waals surface area contributed by atoms with Crippen molar-refractivity contribution in [3.05, 3.63) is 36.5 Å². The van der Waals surface area contributed by atoms with Crippen LogP contribution in [0.3, 0.4) is 0 Å². The van der Waals surface area contributed by atoms with Gasteiger partial charge in [-0.15, -0.1) is 0 Å². The number of carbonyl (C=O) groups is 1. The number of nitrogens with zero attached hydrogens (tertiary/aromatic N) is 1. The summed E-state index contributed by atoms with van der Waals surface area (Å²) in [4.78, 5) is 15.3. The minimum atomic E-state index is -0.141. The monoisotopic (exact) mass is 190 g/mol. The Labute approximate surface area is 83.9 Å². The third-order valence-electron chi connectivity index (χ3n) is 1.55. The third kappa shape index (κ3) is 3.85. The third-order valence-corrected chi connectivity index (χ3v) is 1.55. The SMILES string of the molecule is CC(C)/C=C/C(=O)Nc1ccccn1. The van der Waals surface area contributed by atoms with Gasteiger partial charge in [-0.3, -0.25) is 4.79 Å². The Morgan fingerprint density at radius 1 is 1.50 bits per heavy atom. The molecule has 1 N–H and O–H groups in total. The van der Waals surface area contributed by atoms with Crippen LogP contribution in [0.2, 0.25) is 0 Å². The quantitative estimate of drug-likeness (QED) is 0.742. The molecule has 1 amide bonds. The summed E-state index contributed by atoms with van der Waals surface area (Å²) in [5.41, 5.74) is 0. The lowest BCUT2D eigenvalue weighted by molar-refractivity contribution is -0.111. The molecule has 74 valence electrons. The van der Waals surface area contributed by atoms with Crippen LogP contribution < -0.4 is 5.32 Å².